The average molecular weight is 441 g/mol. The second kappa shape index (κ2) is 8.39. The minimum atomic E-state index is -1.20. The molecule has 32 heavy (non-hydrogen) atoms. The van der Waals surface area contributed by atoms with Gasteiger partial charge in [-0.2, -0.15) is 0 Å². The molecule has 0 fully saturated rings. The molecule has 0 saturated heterocycles. The molecule has 7 heteroatoms. The van der Waals surface area contributed by atoms with Gasteiger partial charge in [0.2, 0.25) is 0 Å². The number of aryl methyl sites for hydroxylation is 2. The minimum absolute atomic E-state index is 0.0349. The Morgan fingerprint density at radius 1 is 1.28 bits per heavy atom. The van der Waals surface area contributed by atoms with Crippen LogP contribution < -0.4 is 5.56 Å². The third-order valence-electron chi connectivity index (χ3n) is 6.59. The molecule has 170 valence electrons. The summed E-state index contributed by atoms with van der Waals surface area (Å²) in [6, 6.07) is 5.04. The predicted molar refractivity (Wildman–Crippen MR) is 121 cm³/mol. The van der Waals surface area contributed by atoms with Gasteiger partial charge in [0.05, 0.1) is 35.7 Å². The summed E-state index contributed by atoms with van der Waals surface area (Å²) in [6.07, 6.45) is 1.57. The number of hydrogen-bond acceptors (Lipinski definition) is 5. The number of aromatic nitrogens is 2. The fourth-order valence-electron chi connectivity index (χ4n) is 4.58. The van der Waals surface area contributed by atoms with Gasteiger partial charge < -0.3 is 19.5 Å². The van der Waals surface area contributed by atoms with Crippen molar-refractivity contribution in [3.05, 3.63) is 62.2 Å². The Kier molecular flexibility index (Phi) is 5.92. The molecule has 0 spiro atoms. The Balaban J connectivity index is 2.04. The lowest BCUT2D eigenvalue weighted by atomic mass is 9.89. The zero-order valence-corrected chi connectivity index (χ0v) is 19.0. The van der Waals surface area contributed by atoms with E-state index in [-0.39, 0.29) is 24.6 Å². The highest BCUT2D eigenvalue weighted by atomic mass is 19.1. The van der Waals surface area contributed by atoms with Crippen LogP contribution in [0.2, 0.25) is 0 Å². The fourth-order valence-corrected chi connectivity index (χ4v) is 4.58. The Labute approximate surface area is 186 Å². The van der Waals surface area contributed by atoms with Gasteiger partial charge in [-0.25, -0.2) is 9.37 Å². The SMILES string of the molecule is CC[C@](C)(O)c1cc2n(c(=O)c1COC)Cc1c-2nc2cc(F)c(C)cc2c1CCCO. The Hall–Kier alpha value is -2.61. The molecule has 6 nitrogen and oxygen atoms in total. The van der Waals surface area contributed by atoms with E-state index in [0.717, 1.165) is 16.5 Å². The molecule has 0 saturated carbocycles. The van der Waals surface area contributed by atoms with Crippen molar-refractivity contribution in [3.8, 4) is 11.4 Å². The van der Waals surface area contributed by atoms with E-state index in [4.69, 9.17) is 9.72 Å². The Morgan fingerprint density at radius 2 is 2.03 bits per heavy atom. The maximum absolute atomic E-state index is 14.4. The summed E-state index contributed by atoms with van der Waals surface area (Å²) in [6.45, 7) is 5.74. The summed E-state index contributed by atoms with van der Waals surface area (Å²) in [5.74, 6) is -0.335. The van der Waals surface area contributed by atoms with Crippen LogP contribution in [0.25, 0.3) is 22.3 Å². The molecule has 3 heterocycles. The topological polar surface area (TPSA) is 84.6 Å². The van der Waals surface area contributed by atoms with Crippen LogP contribution in [0.5, 0.6) is 0 Å². The number of aliphatic hydroxyl groups is 2. The number of halogens is 1. The Bertz CT molecular complexity index is 1260. The zero-order valence-electron chi connectivity index (χ0n) is 19.0. The van der Waals surface area contributed by atoms with Gasteiger partial charge in [0, 0.05) is 36.3 Å². The van der Waals surface area contributed by atoms with Crippen molar-refractivity contribution in [1.82, 2.24) is 9.55 Å². The minimum Gasteiger partial charge on any atom is -0.396 e. The highest BCUT2D eigenvalue weighted by Crippen LogP contribution is 2.39. The number of pyridine rings is 2. The first kappa shape index (κ1) is 22.6. The number of methoxy groups -OCH3 is 1. The monoisotopic (exact) mass is 440 g/mol. The summed E-state index contributed by atoms with van der Waals surface area (Å²) >= 11 is 0. The van der Waals surface area contributed by atoms with Gasteiger partial charge in [-0.1, -0.05) is 6.92 Å². The average Bonchev–Trinajstić information content (AvgIpc) is 3.13. The molecule has 1 aliphatic rings. The van der Waals surface area contributed by atoms with E-state index in [9.17, 15) is 19.4 Å². The number of nitrogens with zero attached hydrogens (tertiary/aromatic N) is 2. The molecule has 1 atom stereocenters. The van der Waals surface area contributed by atoms with Gasteiger partial charge in [-0.3, -0.25) is 4.79 Å². The molecule has 0 radical (unpaired) electrons. The molecular weight excluding hydrogens is 411 g/mol. The molecule has 0 aliphatic carbocycles. The van der Waals surface area contributed by atoms with Gasteiger partial charge in [0.15, 0.2) is 0 Å². The van der Waals surface area contributed by atoms with Crippen molar-refractivity contribution in [2.75, 3.05) is 13.7 Å². The number of ether oxygens (including phenoxy) is 1. The lowest BCUT2D eigenvalue weighted by Gasteiger charge is -2.25. The number of fused-ring (bicyclic) bond motifs is 4. The molecular formula is C25H29FN2O4. The predicted octanol–water partition coefficient (Wildman–Crippen LogP) is 3.56. The van der Waals surface area contributed by atoms with Crippen LogP contribution in [-0.2, 0) is 29.9 Å². The molecule has 1 aliphatic heterocycles. The van der Waals surface area contributed by atoms with Crippen LogP contribution in [0.1, 0.15) is 54.5 Å². The van der Waals surface area contributed by atoms with Crippen LogP contribution in [0, 0.1) is 12.7 Å². The lowest BCUT2D eigenvalue weighted by molar-refractivity contribution is 0.0495. The summed E-state index contributed by atoms with van der Waals surface area (Å²) in [7, 11) is 1.52. The summed E-state index contributed by atoms with van der Waals surface area (Å²) < 4.78 is 21.3. The van der Waals surface area contributed by atoms with E-state index < -0.39 is 5.60 Å². The molecule has 0 bridgehead atoms. The summed E-state index contributed by atoms with van der Waals surface area (Å²) in [5.41, 5.74) is 3.71. The number of hydrogen-bond donors (Lipinski definition) is 2. The second-order valence-corrected chi connectivity index (χ2v) is 8.74. The zero-order chi connectivity index (χ0) is 23.2. The molecule has 1 aromatic carbocycles. The quantitative estimate of drug-likeness (QED) is 0.459. The van der Waals surface area contributed by atoms with Crippen molar-refractivity contribution in [2.45, 2.75) is 58.8 Å². The van der Waals surface area contributed by atoms with Gasteiger partial charge in [0.25, 0.3) is 5.56 Å². The third-order valence-corrected chi connectivity index (χ3v) is 6.59. The largest absolute Gasteiger partial charge is 0.396 e. The maximum atomic E-state index is 14.4. The van der Waals surface area contributed by atoms with E-state index in [1.54, 1.807) is 24.5 Å². The van der Waals surface area contributed by atoms with Gasteiger partial charge >= 0.3 is 0 Å². The summed E-state index contributed by atoms with van der Waals surface area (Å²) in [4.78, 5) is 18.2. The van der Waals surface area contributed by atoms with Crippen LogP contribution in [-0.4, -0.2) is 33.5 Å². The van der Waals surface area contributed by atoms with Gasteiger partial charge in [-0.15, -0.1) is 0 Å². The first-order chi connectivity index (χ1) is 15.2. The van der Waals surface area contributed by atoms with Crippen molar-refractivity contribution >= 4 is 10.9 Å². The molecule has 2 N–H and O–H groups in total. The first-order valence-electron chi connectivity index (χ1n) is 10.9. The fraction of sp³-hybridized carbons (Fsp3) is 0.440. The van der Waals surface area contributed by atoms with E-state index in [1.165, 1.54) is 13.2 Å². The highest BCUT2D eigenvalue weighted by molar-refractivity contribution is 5.88. The molecule has 3 aromatic rings. The summed E-state index contributed by atoms with van der Waals surface area (Å²) in [5, 5.41) is 21.3. The number of aliphatic hydroxyl groups excluding tert-OH is 1. The van der Waals surface area contributed by atoms with Crippen LogP contribution >= 0.6 is 0 Å². The number of rotatable bonds is 7. The van der Waals surface area contributed by atoms with Crippen LogP contribution in [0.3, 0.4) is 0 Å². The van der Waals surface area contributed by atoms with Crippen LogP contribution in [0.4, 0.5) is 4.39 Å². The smallest absolute Gasteiger partial charge is 0.257 e. The van der Waals surface area contributed by atoms with Gasteiger partial charge in [0.1, 0.15) is 5.82 Å². The maximum Gasteiger partial charge on any atom is 0.257 e. The van der Waals surface area contributed by atoms with E-state index >= 15 is 0 Å². The second-order valence-electron chi connectivity index (χ2n) is 8.74. The highest BCUT2D eigenvalue weighted by Gasteiger charge is 2.32. The van der Waals surface area contributed by atoms with Crippen molar-refractivity contribution in [3.63, 3.8) is 0 Å². The van der Waals surface area contributed by atoms with Crippen molar-refractivity contribution in [1.29, 1.82) is 0 Å². The number of benzene rings is 1. The van der Waals surface area contributed by atoms with E-state index in [2.05, 4.69) is 0 Å². The van der Waals surface area contributed by atoms with E-state index in [0.29, 0.717) is 59.4 Å². The molecule has 4 rings (SSSR count). The van der Waals surface area contributed by atoms with Gasteiger partial charge in [-0.05, 0) is 61.9 Å². The molecule has 2 aromatic heterocycles. The normalized spacial score (nSPS) is 14.5. The van der Waals surface area contributed by atoms with Crippen molar-refractivity contribution < 1.29 is 19.3 Å². The first-order valence-corrected chi connectivity index (χ1v) is 10.9. The third kappa shape index (κ3) is 3.54. The standard InChI is InChI=1S/C25H29FN2O4/c1-5-25(3,31)19-10-22-23-17(12-28(22)24(30)18(19)13-32-4)15(7-6-8-29)16-9-14(2)20(26)11-21(16)27-23/h9-11,29,31H,5-8,12-13H2,1-4H3/t25-/m0/s1. The Morgan fingerprint density at radius 3 is 2.69 bits per heavy atom. The van der Waals surface area contributed by atoms with Crippen molar-refractivity contribution in [2.24, 2.45) is 0 Å². The lowest BCUT2D eigenvalue weighted by Crippen LogP contribution is -2.31. The van der Waals surface area contributed by atoms with E-state index in [1.807, 2.05) is 13.0 Å². The molecule has 0 amide bonds. The molecule has 0 unspecified atom stereocenters. The van der Waals surface area contributed by atoms with Crippen LogP contribution in [0.15, 0.2) is 23.0 Å².